The van der Waals surface area contributed by atoms with Gasteiger partial charge < -0.3 is 5.73 Å². The van der Waals surface area contributed by atoms with Gasteiger partial charge in [-0.3, -0.25) is 0 Å². The molecule has 0 fully saturated rings. The molecule has 13 heavy (non-hydrogen) atoms. The second-order valence-corrected chi connectivity index (χ2v) is 2.99. The first-order valence-electron chi connectivity index (χ1n) is 3.99. The van der Waals surface area contributed by atoms with Crippen LogP contribution < -0.4 is 5.73 Å². The molecule has 0 atom stereocenters. The maximum Gasteiger partial charge on any atom is 0.117 e. The van der Waals surface area contributed by atoms with E-state index in [1.807, 2.05) is 6.07 Å². The van der Waals surface area contributed by atoms with Crippen molar-refractivity contribution in [3.63, 3.8) is 0 Å². The molecule has 0 saturated carbocycles. The maximum absolute atomic E-state index is 12.5. The van der Waals surface area contributed by atoms with Gasteiger partial charge in [0.2, 0.25) is 0 Å². The van der Waals surface area contributed by atoms with Gasteiger partial charge in [0.25, 0.3) is 0 Å². The van der Waals surface area contributed by atoms with Crippen molar-refractivity contribution >= 4 is 17.7 Å². The number of nitrogens with two attached hydrogens (primary N) is 1. The van der Waals surface area contributed by atoms with Crippen LogP contribution in [0.5, 0.6) is 0 Å². The zero-order valence-electron chi connectivity index (χ0n) is 7.13. The largest absolute Gasteiger partial charge is 0.327 e. The highest BCUT2D eigenvalue weighted by Crippen LogP contribution is 2.21. The zero-order chi connectivity index (χ0) is 9.68. The van der Waals surface area contributed by atoms with E-state index in [1.54, 1.807) is 24.3 Å². The molecule has 0 heterocycles. The van der Waals surface area contributed by atoms with Gasteiger partial charge >= 0.3 is 0 Å². The van der Waals surface area contributed by atoms with E-state index >= 15 is 0 Å². The Hall–Kier alpha value is -0.860. The van der Waals surface area contributed by atoms with E-state index in [0.29, 0.717) is 17.1 Å². The highest BCUT2D eigenvalue weighted by molar-refractivity contribution is 6.31. The van der Waals surface area contributed by atoms with Crippen molar-refractivity contribution in [1.29, 1.82) is 0 Å². The van der Waals surface area contributed by atoms with Crippen LogP contribution in [0.15, 0.2) is 24.3 Å². The van der Waals surface area contributed by atoms with E-state index in [0.717, 1.165) is 5.56 Å². The van der Waals surface area contributed by atoms with Crippen molar-refractivity contribution < 1.29 is 4.39 Å². The van der Waals surface area contributed by atoms with Gasteiger partial charge in [0.15, 0.2) is 0 Å². The lowest BCUT2D eigenvalue weighted by Gasteiger charge is -2.03. The molecule has 0 aliphatic carbocycles. The highest BCUT2D eigenvalue weighted by atomic mass is 35.5. The van der Waals surface area contributed by atoms with Gasteiger partial charge in [-0.15, -0.1) is 0 Å². The Labute approximate surface area is 82.0 Å². The normalized spacial score (nSPS) is 11.0. The third kappa shape index (κ3) is 2.54. The summed E-state index contributed by atoms with van der Waals surface area (Å²) < 4.78 is 12.5. The molecule has 0 bridgehead atoms. The summed E-state index contributed by atoms with van der Waals surface area (Å²) in [7, 11) is 0. The fraction of sp³-hybridized carbons (Fsp3) is 0.200. The predicted octanol–water partition coefficient (Wildman–Crippen LogP) is 2.78. The number of rotatable bonds is 3. The van der Waals surface area contributed by atoms with Crippen LogP contribution in [0.4, 0.5) is 4.39 Å². The van der Waals surface area contributed by atoms with Crippen molar-refractivity contribution in [2.45, 2.75) is 6.67 Å². The molecule has 0 amide bonds. The predicted molar refractivity (Wildman–Crippen MR) is 54.4 cm³/mol. The number of hydrogen-bond acceptors (Lipinski definition) is 1. The summed E-state index contributed by atoms with van der Waals surface area (Å²) in [5.41, 5.74) is 6.61. The van der Waals surface area contributed by atoms with E-state index in [4.69, 9.17) is 17.3 Å². The van der Waals surface area contributed by atoms with Gasteiger partial charge in [0, 0.05) is 17.1 Å². The highest BCUT2D eigenvalue weighted by Gasteiger charge is 2.02. The van der Waals surface area contributed by atoms with E-state index < -0.39 is 6.67 Å². The molecule has 0 aliphatic rings. The quantitative estimate of drug-likeness (QED) is 0.796. The van der Waals surface area contributed by atoms with Crippen LogP contribution in [-0.2, 0) is 6.67 Å². The van der Waals surface area contributed by atoms with Crippen LogP contribution in [0, 0.1) is 0 Å². The van der Waals surface area contributed by atoms with Gasteiger partial charge in [-0.1, -0.05) is 35.9 Å². The van der Waals surface area contributed by atoms with Crippen LogP contribution in [0.1, 0.15) is 11.1 Å². The van der Waals surface area contributed by atoms with Crippen LogP contribution >= 0.6 is 11.6 Å². The minimum absolute atomic E-state index is 0.443. The van der Waals surface area contributed by atoms with Gasteiger partial charge in [-0.25, -0.2) is 4.39 Å². The van der Waals surface area contributed by atoms with Gasteiger partial charge in [-0.2, -0.15) is 0 Å². The van der Waals surface area contributed by atoms with E-state index in [9.17, 15) is 4.39 Å². The molecule has 2 N–H and O–H groups in total. The average Bonchev–Trinajstić information content (AvgIpc) is 2.15. The Morgan fingerprint density at radius 1 is 1.46 bits per heavy atom. The minimum Gasteiger partial charge on any atom is -0.327 e. The molecule has 1 aromatic carbocycles. The van der Waals surface area contributed by atoms with Crippen LogP contribution in [-0.4, -0.2) is 6.54 Å². The first-order chi connectivity index (χ1) is 6.29. The second-order valence-electron chi connectivity index (χ2n) is 2.58. The monoisotopic (exact) mass is 199 g/mol. The first kappa shape index (κ1) is 10.2. The molecular weight excluding hydrogens is 189 g/mol. The van der Waals surface area contributed by atoms with E-state index in [1.165, 1.54) is 0 Å². The number of alkyl halides is 1. The summed E-state index contributed by atoms with van der Waals surface area (Å²) in [4.78, 5) is 0. The Bertz CT molecular complexity index is 310. The average molecular weight is 200 g/mol. The fourth-order valence-corrected chi connectivity index (χ4v) is 1.30. The summed E-state index contributed by atoms with van der Waals surface area (Å²) in [5, 5.41) is 0.460. The molecular formula is C10H11ClFN. The molecule has 0 aromatic heterocycles. The second kappa shape index (κ2) is 5.00. The third-order valence-corrected chi connectivity index (χ3v) is 2.08. The van der Waals surface area contributed by atoms with E-state index in [2.05, 4.69) is 0 Å². The molecule has 3 heteroatoms. The lowest BCUT2D eigenvalue weighted by Crippen LogP contribution is -1.93. The SMILES string of the molecule is NC/C=C/c1cccc(Cl)c1CF. The summed E-state index contributed by atoms with van der Waals surface area (Å²) >= 11 is 5.80. The molecule has 0 saturated heterocycles. The van der Waals surface area contributed by atoms with Crippen LogP contribution in [0.3, 0.4) is 0 Å². The van der Waals surface area contributed by atoms with Gasteiger partial charge in [0.05, 0.1) is 0 Å². The van der Waals surface area contributed by atoms with Gasteiger partial charge in [0.1, 0.15) is 6.67 Å². The summed E-state index contributed by atoms with van der Waals surface area (Å²) in [5.74, 6) is 0. The van der Waals surface area contributed by atoms with Crippen molar-refractivity contribution in [3.05, 3.63) is 40.4 Å². The Morgan fingerprint density at radius 3 is 2.85 bits per heavy atom. The van der Waals surface area contributed by atoms with Crippen molar-refractivity contribution in [2.75, 3.05) is 6.54 Å². The summed E-state index contributed by atoms with van der Waals surface area (Å²) in [6.07, 6.45) is 3.55. The van der Waals surface area contributed by atoms with E-state index in [-0.39, 0.29) is 0 Å². The molecule has 1 rings (SSSR count). The van der Waals surface area contributed by atoms with Crippen LogP contribution in [0.25, 0.3) is 6.08 Å². The molecule has 1 nitrogen and oxygen atoms in total. The number of hydrogen-bond donors (Lipinski definition) is 1. The standard InChI is InChI=1S/C10H11ClFN/c11-10-5-1-3-8(4-2-6-13)9(10)7-12/h1-5H,6-7,13H2/b4-2+. The third-order valence-electron chi connectivity index (χ3n) is 1.72. The molecule has 0 unspecified atom stereocenters. The molecule has 70 valence electrons. The van der Waals surface area contributed by atoms with Crippen molar-refractivity contribution in [1.82, 2.24) is 0 Å². The minimum atomic E-state index is -0.552. The molecule has 1 aromatic rings. The fourth-order valence-electron chi connectivity index (χ4n) is 1.07. The lowest BCUT2D eigenvalue weighted by atomic mass is 10.1. The Kier molecular flexibility index (Phi) is 3.93. The molecule has 0 spiro atoms. The number of halogens is 2. The van der Waals surface area contributed by atoms with Gasteiger partial charge in [-0.05, 0) is 11.6 Å². The number of benzene rings is 1. The molecule has 0 aliphatic heterocycles. The van der Waals surface area contributed by atoms with Crippen molar-refractivity contribution in [2.24, 2.45) is 5.73 Å². The van der Waals surface area contributed by atoms with Crippen molar-refractivity contribution in [3.8, 4) is 0 Å². The molecule has 0 radical (unpaired) electrons. The van der Waals surface area contributed by atoms with Crippen LogP contribution in [0.2, 0.25) is 5.02 Å². The lowest BCUT2D eigenvalue weighted by molar-refractivity contribution is 0.485. The first-order valence-corrected chi connectivity index (χ1v) is 4.37. The topological polar surface area (TPSA) is 26.0 Å². The summed E-state index contributed by atoms with van der Waals surface area (Å²) in [6, 6.07) is 5.28. The maximum atomic E-state index is 12.5. The smallest absolute Gasteiger partial charge is 0.117 e. The Morgan fingerprint density at radius 2 is 2.23 bits per heavy atom. The Balaban J connectivity index is 3.05. The summed E-state index contributed by atoms with van der Waals surface area (Å²) in [6.45, 7) is -0.109. The zero-order valence-corrected chi connectivity index (χ0v) is 7.89.